The van der Waals surface area contributed by atoms with Crippen LogP contribution < -0.4 is 10.4 Å². The van der Waals surface area contributed by atoms with Crippen molar-refractivity contribution in [2.24, 2.45) is 0 Å². The van der Waals surface area contributed by atoms with Crippen molar-refractivity contribution in [3.63, 3.8) is 0 Å². The second-order valence-corrected chi connectivity index (χ2v) is 5.26. The average Bonchev–Trinajstić information content (AvgIpc) is 2.53. The fourth-order valence-corrected chi connectivity index (χ4v) is 2.58. The minimum absolute atomic E-state index is 0.316. The number of fused-ring (bicyclic) bond motifs is 1. The van der Waals surface area contributed by atoms with E-state index < -0.39 is 0 Å². The van der Waals surface area contributed by atoms with Crippen LogP contribution in [0.25, 0.3) is 22.1 Å². The van der Waals surface area contributed by atoms with E-state index >= 15 is 0 Å². The average molecular weight is 294 g/mol. The van der Waals surface area contributed by atoms with Crippen LogP contribution in [0.5, 0.6) is 5.75 Å². The standard InChI is InChI=1S/C19H18O3/c1-3-11-21-15-9-10-16-13(2)18(14-7-5-4-6-8-14)19(20)22-17(16)12-15/h4-10,12H,3,11H2,1-2H3. The Hall–Kier alpha value is -2.55. The van der Waals surface area contributed by atoms with Crippen LogP contribution in [0.1, 0.15) is 18.9 Å². The molecule has 22 heavy (non-hydrogen) atoms. The lowest BCUT2D eigenvalue weighted by atomic mass is 10.00. The Labute approximate surface area is 129 Å². The topological polar surface area (TPSA) is 39.4 Å². The first-order valence-corrected chi connectivity index (χ1v) is 7.46. The molecule has 1 heterocycles. The number of ether oxygens (including phenoxy) is 1. The molecule has 0 unspecified atom stereocenters. The van der Waals surface area contributed by atoms with Crippen molar-refractivity contribution in [2.45, 2.75) is 20.3 Å². The van der Waals surface area contributed by atoms with Gasteiger partial charge in [-0.1, -0.05) is 37.3 Å². The quantitative estimate of drug-likeness (QED) is 0.662. The monoisotopic (exact) mass is 294 g/mol. The number of hydrogen-bond donors (Lipinski definition) is 0. The summed E-state index contributed by atoms with van der Waals surface area (Å²) < 4.78 is 11.1. The maximum atomic E-state index is 12.4. The first kappa shape index (κ1) is 14.4. The number of benzene rings is 2. The summed E-state index contributed by atoms with van der Waals surface area (Å²) >= 11 is 0. The Morgan fingerprint density at radius 2 is 1.86 bits per heavy atom. The summed E-state index contributed by atoms with van der Waals surface area (Å²) in [7, 11) is 0. The molecule has 0 aliphatic heterocycles. The van der Waals surface area contributed by atoms with E-state index in [4.69, 9.17) is 9.15 Å². The molecule has 3 heteroatoms. The molecule has 0 fully saturated rings. The van der Waals surface area contributed by atoms with E-state index in [1.54, 1.807) is 6.07 Å². The Morgan fingerprint density at radius 1 is 1.09 bits per heavy atom. The van der Waals surface area contributed by atoms with E-state index in [-0.39, 0.29) is 5.63 Å². The van der Waals surface area contributed by atoms with Gasteiger partial charge in [-0.3, -0.25) is 0 Å². The summed E-state index contributed by atoms with van der Waals surface area (Å²) in [5, 5.41) is 0.933. The second kappa shape index (κ2) is 6.06. The smallest absolute Gasteiger partial charge is 0.344 e. The van der Waals surface area contributed by atoms with Crippen LogP contribution in [0.15, 0.2) is 57.7 Å². The minimum Gasteiger partial charge on any atom is -0.493 e. The summed E-state index contributed by atoms with van der Waals surface area (Å²) in [4.78, 5) is 12.4. The molecule has 1 aromatic heterocycles. The van der Waals surface area contributed by atoms with Gasteiger partial charge in [0.05, 0.1) is 12.2 Å². The van der Waals surface area contributed by atoms with E-state index in [9.17, 15) is 4.79 Å². The van der Waals surface area contributed by atoms with Crippen molar-refractivity contribution in [3.8, 4) is 16.9 Å². The molecule has 0 aliphatic carbocycles. The Kier molecular flexibility index (Phi) is 3.96. The van der Waals surface area contributed by atoms with Crippen LogP contribution >= 0.6 is 0 Å². The van der Waals surface area contributed by atoms with Gasteiger partial charge in [-0.2, -0.15) is 0 Å². The molecule has 2 aromatic carbocycles. The van der Waals surface area contributed by atoms with Gasteiger partial charge < -0.3 is 9.15 Å². The number of rotatable bonds is 4. The number of hydrogen-bond acceptors (Lipinski definition) is 3. The fourth-order valence-electron chi connectivity index (χ4n) is 2.58. The Morgan fingerprint density at radius 3 is 2.59 bits per heavy atom. The third kappa shape index (κ3) is 2.62. The normalized spacial score (nSPS) is 10.8. The van der Waals surface area contributed by atoms with Crippen LogP contribution in [0.2, 0.25) is 0 Å². The fraction of sp³-hybridized carbons (Fsp3) is 0.211. The van der Waals surface area contributed by atoms with E-state index in [0.717, 1.165) is 28.7 Å². The van der Waals surface area contributed by atoms with Crippen LogP contribution in [0, 0.1) is 6.92 Å². The molecule has 3 aromatic rings. The van der Waals surface area contributed by atoms with Crippen molar-refractivity contribution >= 4 is 11.0 Å². The molecular formula is C19H18O3. The van der Waals surface area contributed by atoms with Gasteiger partial charge in [-0.15, -0.1) is 0 Å². The van der Waals surface area contributed by atoms with Crippen molar-refractivity contribution in [2.75, 3.05) is 6.61 Å². The molecular weight excluding hydrogens is 276 g/mol. The highest BCUT2D eigenvalue weighted by Gasteiger charge is 2.13. The lowest BCUT2D eigenvalue weighted by Crippen LogP contribution is -2.06. The maximum Gasteiger partial charge on any atom is 0.344 e. The van der Waals surface area contributed by atoms with Crippen molar-refractivity contribution < 1.29 is 9.15 Å². The maximum absolute atomic E-state index is 12.4. The molecule has 0 radical (unpaired) electrons. The first-order valence-electron chi connectivity index (χ1n) is 7.46. The molecule has 3 nitrogen and oxygen atoms in total. The van der Waals surface area contributed by atoms with Gasteiger partial charge >= 0.3 is 5.63 Å². The molecule has 0 bridgehead atoms. The summed E-state index contributed by atoms with van der Waals surface area (Å²) in [5.74, 6) is 0.726. The predicted molar refractivity (Wildman–Crippen MR) is 88.4 cm³/mol. The highest BCUT2D eigenvalue weighted by molar-refractivity contribution is 5.87. The molecule has 0 saturated heterocycles. The van der Waals surface area contributed by atoms with E-state index in [1.165, 1.54) is 0 Å². The zero-order valence-corrected chi connectivity index (χ0v) is 12.8. The molecule has 112 valence electrons. The van der Waals surface area contributed by atoms with Gasteiger partial charge in [0.1, 0.15) is 11.3 Å². The summed E-state index contributed by atoms with van der Waals surface area (Å²) in [6.45, 7) is 4.66. The summed E-state index contributed by atoms with van der Waals surface area (Å²) in [6.07, 6.45) is 0.938. The van der Waals surface area contributed by atoms with E-state index in [1.807, 2.05) is 49.4 Å². The largest absolute Gasteiger partial charge is 0.493 e. The summed E-state index contributed by atoms with van der Waals surface area (Å²) in [5.41, 5.74) is 2.68. The lowest BCUT2D eigenvalue weighted by Gasteiger charge is -2.10. The Balaban J connectivity index is 2.16. The van der Waals surface area contributed by atoms with E-state index in [2.05, 4.69) is 6.92 Å². The third-order valence-corrected chi connectivity index (χ3v) is 3.67. The van der Waals surface area contributed by atoms with Gasteiger partial charge in [-0.05, 0) is 36.6 Å². The molecule has 3 rings (SSSR count). The molecule has 0 saturated carbocycles. The zero-order valence-electron chi connectivity index (χ0n) is 12.8. The highest BCUT2D eigenvalue weighted by atomic mass is 16.5. The van der Waals surface area contributed by atoms with Gasteiger partial charge in [0.2, 0.25) is 0 Å². The van der Waals surface area contributed by atoms with E-state index in [0.29, 0.717) is 17.8 Å². The molecule has 0 aliphatic rings. The van der Waals surface area contributed by atoms with Crippen molar-refractivity contribution in [1.82, 2.24) is 0 Å². The molecule has 0 amide bonds. The van der Waals surface area contributed by atoms with Crippen molar-refractivity contribution in [3.05, 3.63) is 64.5 Å². The summed E-state index contributed by atoms with van der Waals surface area (Å²) in [6, 6.07) is 15.3. The van der Waals surface area contributed by atoms with Crippen LogP contribution in [-0.2, 0) is 0 Å². The lowest BCUT2D eigenvalue weighted by molar-refractivity contribution is 0.317. The van der Waals surface area contributed by atoms with Gasteiger partial charge in [0.15, 0.2) is 0 Å². The van der Waals surface area contributed by atoms with Gasteiger partial charge in [0, 0.05) is 11.5 Å². The minimum atomic E-state index is -0.316. The Bertz CT molecular complexity index is 848. The predicted octanol–water partition coefficient (Wildman–Crippen LogP) is 4.56. The zero-order chi connectivity index (χ0) is 15.5. The third-order valence-electron chi connectivity index (χ3n) is 3.67. The van der Waals surface area contributed by atoms with Gasteiger partial charge in [0.25, 0.3) is 0 Å². The van der Waals surface area contributed by atoms with Crippen LogP contribution in [0.4, 0.5) is 0 Å². The van der Waals surface area contributed by atoms with Gasteiger partial charge in [-0.25, -0.2) is 4.79 Å². The second-order valence-electron chi connectivity index (χ2n) is 5.26. The molecule has 0 N–H and O–H groups in total. The van der Waals surface area contributed by atoms with Crippen LogP contribution in [0.3, 0.4) is 0 Å². The molecule has 0 spiro atoms. The van der Waals surface area contributed by atoms with Crippen molar-refractivity contribution in [1.29, 1.82) is 0 Å². The first-order chi connectivity index (χ1) is 10.7. The SMILES string of the molecule is CCCOc1ccc2c(C)c(-c3ccccc3)c(=O)oc2c1. The van der Waals surface area contributed by atoms with Crippen LogP contribution in [-0.4, -0.2) is 6.61 Å². The number of aryl methyl sites for hydroxylation is 1. The highest BCUT2D eigenvalue weighted by Crippen LogP contribution is 2.28. The molecule has 0 atom stereocenters.